The molecular formula is C19H16Cl2N2O3. The summed E-state index contributed by atoms with van der Waals surface area (Å²) in [5.74, 6) is -1.05. The van der Waals surface area contributed by atoms with Crippen LogP contribution < -0.4 is 5.32 Å². The molecular weight excluding hydrogens is 375 g/mol. The Balaban J connectivity index is 1.73. The molecule has 2 aromatic carbocycles. The molecule has 0 atom stereocenters. The van der Waals surface area contributed by atoms with Crippen LogP contribution in [0.4, 0.5) is 5.69 Å². The number of H-pyrrole nitrogens is 1. The molecule has 5 nitrogen and oxygen atoms in total. The monoisotopic (exact) mass is 390 g/mol. The Labute approximate surface area is 159 Å². The van der Waals surface area contributed by atoms with E-state index in [1.165, 1.54) is 0 Å². The second-order valence-electron chi connectivity index (χ2n) is 5.81. The molecule has 0 spiro atoms. The normalized spacial score (nSPS) is 10.8. The smallest absolute Gasteiger partial charge is 0.354 e. The number of hydrogen-bond donors (Lipinski definition) is 3. The zero-order valence-electron chi connectivity index (χ0n) is 13.7. The highest BCUT2D eigenvalue weighted by atomic mass is 35.5. The third-order valence-corrected chi connectivity index (χ3v) is 4.52. The number of anilines is 1. The lowest BCUT2D eigenvalue weighted by Crippen LogP contribution is -2.09. The fourth-order valence-corrected chi connectivity index (χ4v) is 3.40. The molecule has 3 aromatic rings. The SMILES string of the molecule is O=C(CCCNc1c(C(=O)O)[nH]c2cc(Cl)cc(Cl)c12)c1ccccc1. The summed E-state index contributed by atoms with van der Waals surface area (Å²) in [5, 5.41) is 13.9. The number of benzene rings is 2. The minimum atomic E-state index is -1.10. The van der Waals surface area contributed by atoms with Gasteiger partial charge >= 0.3 is 5.97 Å². The van der Waals surface area contributed by atoms with Gasteiger partial charge in [-0.25, -0.2) is 4.79 Å². The molecule has 0 aliphatic carbocycles. The number of ketones is 1. The number of aromatic amines is 1. The van der Waals surface area contributed by atoms with E-state index in [-0.39, 0.29) is 11.5 Å². The van der Waals surface area contributed by atoms with Gasteiger partial charge in [0.2, 0.25) is 0 Å². The number of aromatic nitrogens is 1. The Morgan fingerprint density at radius 1 is 1.12 bits per heavy atom. The van der Waals surface area contributed by atoms with E-state index in [1.54, 1.807) is 24.3 Å². The highest BCUT2D eigenvalue weighted by Gasteiger charge is 2.19. The number of carbonyl (C=O) groups is 2. The van der Waals surface area contributed by atoms with Crippen LogP contribution in [0.5, 0.6) is 0 Å². The van der Waals surface area contributed by atoms with Gasteiger partial charge in [-0.2, -0.15) is 0 Å². The number of Topliss-reactive ketones (excluding diaryl/α,β-unsaturated/α-hetero) is 1. The molecule has 134 valence electrons. The Morgan fingerprint density at radius 3 is 2.54 bits per heavy atom. The van der Waals surface area contributed by atoms with Crippen LogP contribution in [0.2, 0.25) is 10.0 Å². The number of halogens is 2. The topological polar surface area (TPSA) is 82.2 Å². The van der Waals surface area contributed by atoms with E-state index >= 15 is 0 Å². The molecule has 0 fully saturated rings. The van der Waals surface area contributed by atoms with Crippen molar-refractivity contribution in [2.45, 2.75) is 12.8 Å². The van der Waals surface area contributed by atoms with Crippen molar-refractivity contribution in [2.24, 2.45) is 0 Å². The van der Waals surface area contributed by atoms with Crippen molar-refractivity contribution < 1.29 is 14.7 Å². The number of carboxylic acids is 1. The number of rotatable bonds is 7. The highest BCUT2D eigenvalue weighted by Crippen LogP contribution is 2.36. The van der Waals surface area contributed by atoms with Gasteiger partial charge in [0.25, 0.3) is 0 Å². The maximum atomic E-state index is 12.1. The second kappa shape index (κ2) is 7.81. The fraction of sp³-hybridized carbons (Fsp3) is 0.158. The molecule has 0 saturated heterocycles. The van der Waals surface area contributed by atoms with Crippen molar-refractivity contribution in [3.8, 4) is 0 Å². The maximum Gasteiger partial charge on any atom is 0.354 e. The summed E-state index contributed by atoms with van der Waals surface area (Å²) in [7, 11) is 0. The Morgan fingerprint density at radius 2 is 1.85 bits per heavy atom. The Kier molecular flexibility index (Phi) is 5.49. The predicted molar refractivity (Wildman–Crippen MR) is 104 cm³/mol. The summed E-state index contributed by atoms with van der Waals surface area (Å²) in [6, 6.07) is 12.3. The molecule has 26 heavy (non-hydrogen) atoms. The summed E-state index contributed by atoms with van der Waals surface area (Å²) < 4.78 is 0. The van der Waals surface area contributed by atoms with E-state index in [9.17, 15) is 14.7 Å². The minimum Gasteiger partial charge on any atom is -0.477 e. The number of hydrogen-bond acceptors (Lipinski definition) is 3. The van der Waals surface area contributed by atoms with Crippen LogP contribution in [-0.2, 0) is 0 Å². The van der Waals surface area contributed by atoms with Crippen LogP contribution >= 0.6 is 23.2 Å². The van der Waals surface area contributed by atoms with Gasteiger partial charge in [-0.15, -0.1) is 0 Å². The number of nitrogens with one attached hydrogen (secondary N) is 2. The molecule has 3 N–H and O–H groups in total. The standard InChI is InChI=1S/C19H16Cl2N2O3/c20-12-9-13(21)16-14(10-12)23-18(19(25)26)17(16)22-8-4-7-15(24)11-5-2-1-3-6-11/h1-3,5-6,9-10,22-23H,4,7-8H2,(H,25,26). The van der Waals surface area contributed by atoms with Crippen LogP contribution in [0.25, 0.3) is 10.9 Å². The van der Waals surface area contributed by atoms with E-state index in [1.807, 2.05) is 18.2 Å². The van der Waals surface area contributed by atoms with Crippen molar-refractivity contribution in [3.05, 3.63) is 63.8 Å². The molecule has 0 aliphatic heterocycles. The van der Waals surface area contributed by atoms with Gasteiger partial charge in [0.05, 0.1) is 16.2 Å². The first-order chi connectivity index (χ1) is 12.5. The van der Waals surface area contributed by atoms with Crippen LogP contribution in [0.1, 0.15) is 33.7 Å². The lowest BCUT2D eigenvalue weighted by molar-refractivity contribution is 0.0692. The van der Waals surface area contributed by atoms with E-state index in [0.717, 1.165) is 0 Å². The zero-order chi connectivity index (χ0) is 18.7. The Hall–Kier alpha value is -2.50. The van der Waals surface area contributed by atoms with Crippen LogP contribution in [0.3, 0.4) is 0 Å². The van der Waals surface area contributed by atoms with Crippen LogP contribution in [0, 0.1) is 0 Å². The van der Waals surface area contributed by atoms with Gasteiger partial charge in [-0.3, -0.25) is 4.79 Å². The van der Waals surface area contributed by atoms with Gasteiger partial charge in [0, 0.05) is 28.9 Å². The molecule has 0 aliphatic rings. The molecule has 3 rings (SSSR count). The number of carbonyl (C=O) groups excluding carboxylic acids is 1. The number of carboxylic acid groups (broad SMARTS) is 1. The third kappa shape index (κ3) is 3.84. The lowest BCUT2D eigenvalue weighted by atomic mass is 10.1. The van der Waals surface area contributed by atoms with Gasteiger partial charge in [-0.1, -0.05) is 53.5 Å². The van der Waals surface area contributed by atoms with Crippen molar-refractivity contribution in [3.63, 3.8) is 0 Å². The molecule has 7 heteroatoms. The molecule has 0 amide bonds. The molecule has 0 unspecified atom stereocenters. The second-order valence-corrected chi connectivity index (χ2v) is 6.65. The molecule has 0 radical (unpaired) electrons. The average Bonchev–Trinajstić information content (AvgIpc) is 2.98. The van der Waals surface area contributed by atoms with Crippen molar-refractivity contribution >= 4 is 51.5 Å². The first-order valence-electron chi connectivity index (χ1n) is 8.03. The van der Waals surface area contributed by atoms with Gasteiger partial charge in [0.1, 0.15) is 5.69 Å². The number of aromatic carboxylic acids is 1. The average molecular weight is 391 g/mol. The van der Waals surface area contributed by atoms with Gasteiger partial charge in [-0.05, 0) is 18.6 Å². The van der Waals surface area contributed by atoms with Gasteiger partial charge < -0.3 is 15.4 Å². The van der Waals surface area contributed by atoms with Crippen LogP contribution in [-0.4, -0.2) is 28.4 Å². The first-order valence-corrected chi connectivity index (χ1v) is 8.79. The number of fused-ring (bicyclic) bond motifs is 1. The summed E-state index contributed by atoms with van der Waals surface area (Å²) in [6.45, 7) is 0.435. The van der Waals surface area contributed by atoms with Crippen LogP contribution in [0.15, 0.2) is 42.5 Å². The quantitative estimate of drug-likeness (QED) is 0.380. The van der Waals surface area contributed by atoms with Crippen molar-refractivity contribution in [2.75, 3.05) is 11.9 Å². The van der Waals surface area contributed by atoms with Gasteiger partial charge in [0.15, 0.2) is 5.78 Å². The minimum absolute atomic E-state index is 0.0125. The zero-order valence-corrected chi connectivity index (χ0v) is 15.2. The molecule has 0 bridgehead atoms. The lowest BCUT2D eigenvalue weighted by Gasteiger charge is -2.07. The summed E-state index contributed by atoms with van der Waals surface area (Å²) >= 11 is 12.2. The van der Waals surface area contributed by atoms with E-state index < -0.39 is 5.97 Å². The largest absolute Gasteiger partial charge is 0.477 e. The fourth-order valence-electron chi connectivity index (χ4n) is 2.82. The first kappa shape index (κ1) is 18.3. The summed E-state index contributed by atoms with van der Waals surface area (Å²) in [4.78, 5) is 26.5. The third-order valence-electron chi connectivity index (χ3n) is 4.01. The predicted octanol–water partition coefficient (Wildman–Crippen LogP) is 5.25. The maximum absolute atomic E-state index is 12.1. The van der Waals surface area contributed by atoms with E-state index in [2.05, 4.69) is 10.3 Å². The van der Waals surface area contributed by atoms with Crippen molar-refractivity contribution in [1.29, 1.82) is 0 Å². The molecule has 0 saturated carbocycles. The van der Waals surface area contributed by atoms with E-state index in [4.69, 9.17) is 23.2 Å². The molecule has 1 heterocycles. The summed E-state index contributed by atoms with van der Waals surface area (Å²) in [6.07, 6.45) is 0.923. The van der Waals surface area contributed by atoms with E-state index in [0.29, 0.717) is 51.6 Å². The Bertz CT molecular complexity index is 968. The summed E-state index contributed by atoms with van der Waals surface area (Å²) in [5.41, 5.74) is 1.63. The van der Waals surface area contributed by atoms with Crippen molar-refractivity contribution in [1.82, 2.24) is 4.98 Å². The molecule has 1 aromatic heterocycles. The highest BCUT2D eigenvalue weighted by molar-refractivity contribution is 6.40.